The summed E-state index contributed by atoms with van der Waals surface area (Å²) < 4.78 is 4.64. The first kappa shape index (κ1) is 12.1. The predicted octanol–water partition coefficient (Wildman–Crippen LogP) is 1.70. The van der Waals surface area contributed by atoms with Crippen LogP contribution in [0.3, 0.4) is 0 Å². The number of carboxylic acid groups (broad SMARTS) is 1. The van der Waals surface area contributed by atoms with Gasteiger partial charge in [-0.15, -0.1) is 11.8 Å². The molecule has 0 aliphatic rings. The second-order valence-electron chi connectivity index (χ2n) is 3.79. The van der Waals surface area contributed by atoms with E-state index in [1.165, 1.54) is 11.8 Å². The monoisotopic (exact) mass is 229 g/mol. The molecule has 0 aliphatic carbocycles. The van der Waals surface area contributed by atoms with E-state index in [-0.39, 0.29) is 0 Å². The molecule has 0 radical (unpaired) electrons. The molecule has 1 atom stereocenters. The Hall–Kier alpha value is -0.940. The highest BCUT2D eigenvalue weighted by Gasteiger charge is 2.32. The number of carboxylic acids is 1. The van der Waals surface area contributed by atoms with E-state index >= 15 is 0 Å². The Morgan fingerprint density at radius 1 is 1.73 bits per heavy atom. The number of thioether (sulfide) groups is 1. The minimum absolute atomic E-state index is 0.515. The fraction of sp³-hybridized carbons (Fsp3) is 0.500. The average molecular weight is 229 g/mol. The van der Waals surface area contributed by atoms with Crippen LogP contribution in [0.15, 0.2) is 22.8 Å². The molecule has 4 nitrogen and oxygen atoms in total. The maximum atomic E-state index is 10.7. The van der Waals surface area contributed by atoms with Gasteiger partial charge in [-0.05, 0) is 26.0 Å². The van der Waals surface area contributed by atoms with Crippen LogP contribution in [0, 0.1) is 0 Å². The van der Waals surface area contributed by atoms with Crippen molar-refractivity contribution >= 4 is 17.7 Å². The molecule has 0 unspecified atom stereocenters. The molecule has 1 aromatic rings. The summed E-state index contributed by atoms with van der Waals surface area (Å²) in [5.74, 6) is 0.471. The van der Waals surface area contributed by atoms with E-state index in [4.69, 9.17) is 15.3 Å². The van der Waals surface area contributed by atoms with Crippen LogP contribution in [0.25, 0.3) is 0 Å². The van der Waals surface area contributed by atoms with Crippen molar-refractivity contribution < 1.29 is 14.3 Å². The first-order chi connectivity index (χ1) is 6.93. The van der Waals surface area contributed by atoms with E-state index in [0.29, 0.717) is 5.75 Å². The van der Waals surface area contributed by atoms with E-state index in [2.05, 4.69) is 0 Å². The number of aliphatic carboxylic acids is 1. The number of hydrogen-bond acceptors (Lipinski definition) is 4. The maximum Gasteiger partial charge on any atom is 0.321 e. The van der Waals surface area contributed by atoms with E-state index < -0.39 is 16.8 Å². The molecule has 5 heteroatoms. The van der Waals surface area contributed by atoms with Crippen LogP contribution >= 0.6 is 11.8 Å². The summed E-state index contributed by atoms with van der Waals surface area (Å²) in [7, 11) is 0. The van der Waals surface area contributed by atoms with Gasteiger partial charge < -0.3 is 15.3 Å². The van der Waals surface area contributed by atoms with Crippen LogP contribution in [0.2, 0.25) is 0 Å². The second kappa shape index (κ2) is 4.72. The van der Waals surface area contributed by atoms with Crippen molar-refractivity contribution in [2.45, 2.75) is 30.4 Å². The lowest BCUT2D eigenvalue weighted by atomic mass is 10.1. The molecular weight excluding hydrogens is 214 g/mol. The lowest BCUT2D eigenvalue weighted by Crippen LogP contribution is -2.46. The Bertz CT molecular complexity index is 321. The second-order valence-corrected chi connectivity index (χ2v) is 5.42. The van der Waals surface area contributed by atoms with Gasteiger partial charge >= 0.3 is 5.97 Å². The zero-order chi connectivity index (χ0) is 11.5. The Morgan fingerprint density at radius 3 is 2.87 bits per heavy atom. The van der Waals surface area contributed by atoms with Crippen LogP contribution < -0.4 is 5.73 Å². The summed E-state index contributed by atoms with van der Waals surface area (Å²) in [5, 5.41) is 8.81. The molecule has 0 spiro atoms. The van der Waals surface area contributed by atoms with E-state index in [1.807, 2.05) is 19.9 Å². The van der Waals surface area contributed by atoms with Crippen LogP contribution in [-0.4, -0.2) is 21.9 Å². The third-order valence-electron chi connectivity index (χ3n) is 2.18. The van der Waals surface area contributed by atoms with E-state index in [0.717, 1.165) is 5.76 Å². The van der Waals surface area contributed by atoms with Gasteiger partial charge in [0.15, 0.2) is 0 Å². The van der Waals surface area contributed by atoms with Crippen molar-refractivity contribution in [1.29, 1.82) is 0 Å². The van der Waals surface area contributed by atoms with Crippen LogP contribution in [0.4, 0.5) is 0 Å². The zero-order valence-corrected chi connectivity index (χ0v) is 9.58. The Labute approximate surface area is 92.8 Å². The van der Waals surface area contributed by atoms with Gasteiger partial charge in [-0.1, -0.05) is 0 Å². The average Bonchev–Trinajstić information content (AvgIpc) is 2.66. The number of furan rings is 1. The van der Waals surface area contributed by atoms with Crippen LogP contribution in [0.1, 0.15) is 19.6 Å². The van der Waals surface area contributed by atoms with Crippen molar-refractivity contribution in [3.05, 3.63) is 24.2 Å². The molecule has 84 valence electrons. The van der Waals surface area contributed by atoms with Gasteiger partial charge in [0.05, 0.1) is 12.0 Å². The smallest absolute Gasteiger partial charge is 0.321 e. The zero-order valence-electron chi connectivity index (χ0n) is 8.77. The van der Waals surface area contributed by atoms with Gasteiger partial charge in [0, 0.05) is 4.75 Å². The fourth-order valence-electron chi connectivity index (χ4n) is 1.04. The van der Waals surface area contributed by atoms with Gasteiger partial charge in [0.2, 0.25) is 0 Å². The van der Waals surface area contributed by atoms with Crippen LogP contribution in [-0.2, 0) is 10.5 Å². The standard InChI is InChI=1S/C10H15NO3S/c1-10(2,8(11)9(12)13)15-6-7-4-3-5-14-7/h3-5,8H,6,11H2,1-2H3,(H,12,13)/t8-/m1/s1. The maximum absolute atomic E-state index is 10.7. The SMILES string of the molecule is CC(C)(SCc1ccco1)[C@H](N)C(=O)O. The fourth-order valence-corrected chi connectivity index (χ4v) is 2.00. The molecule has 15 heavy (non-hydrogen) atoms. The largest absolute Gasteiger partial charge is 0.480 e. The highest BCUT2D eigenvalue weighted by Crippen LogP contribution is 2.30. The first-order valence-corrected chi connectivity index (χ1v) is 5.57. The summed E-state index contributed by atoms with van der Waals surface area (Å²) >= 11 is 1.47. The van der Waals surface area contributed by atoms with E-state index in [9.17, 15) is 4.79 Å². The van der Waals surface area contributed by atoms with Gasteiger partial charge in [-0.3, -0.25) is 4.79 Å². The summed E-state index contributed by atoms with van der Waals surface area (Å²) in [6.45, 7) is 3.64. The lowest BCUT2D eigenvalue weighted by Gasteiger charge is -2.27. The van der Waals surface area contributed by atoms with Gasteiger partial charge in [-0.2, -0.15) is 0 Å². The third kappa shape index (κ3) is 3.28. The van der Waals surface area contributed by atoms with Crippen molar-refractivity contribution in [3.63, 3.8) is 0 Å². The van der Waals surface area contributed by atoms with Crippen molar-refractivity contribution in [2.75, 3.05) is 0 Å². The minimum atomic E-state index is -0.980. The number of nitrogens with two attached hydrogens (primary N) is 1. The van der Waals surface area contributed by atoms with Gasteiger partial charge in [-0.25, -0.2) is 0 Å². The van der Waals surface area contributed by atoms with Crippen molar-refractivity contribution in [3.8, 4) is 0 Å². The Balaban J connectivity index is 2.53. The van der Waals surface area contributed by atoms with Crippen molar-refractivity contribution in [1.82, 2.24) is 0 Å². The molecule has 1 aromatic heterocycles. The summed E-state index contributed by atoms with van der Waals surface area (Å²) in [6.07, 6.45) is 1.60. The molecule has 0 saturated carbocycles. The molecule has 0 aliphatic heterocycles. The highest BCUT2D eigenvalue weighted by molar-refractivity contribution is 7.99. The molecular formula is C10H15NO3S. The quantitative estimate of drug-likeness (QED) is 0.803. The molecule has 0 bridgehead atoms. The highest BCUT2D eigenvalue weighted by atomic mass is 32.2. The molecule has 0 amide bonds. The summed E-state index contributed by atoms with van der Waals surface area (Å²) in [4.78, 5) is 10.7. The molecule has 1 rings (SSSR count). The van der Waals surface area contributed by atoms with Crippen molar-refractivity contribution in [2.24, 2.45) is 5.73 Å². The first-order valence-electron chi connectivity index (χ1n) is 4.58. The third-order valence-corrected chi connectivity index (χ3v) is 3.61. The van der Waals surface area contributed by atoms with Gasteiger partial charge in [0.25, 0.3) is 0 Å². The number of carbonyl (C=O) groups is 1. The topological polar surface area (TPSA) is 76.5 Å². The Kier molecular flexibility index (Phi) is 3.82. The van der Waals surface area contributed by atoms with E-state index in [1.54, 1.807) is 12.3 Å². The predicted molar refractivity (Wildman–Crippen MR) is 59.7 cm³/mol. The number of hydrogen-bond donors (Lipinski definition) is 2. The molecule has 1 heterocycles. The normalized spacial score (nSPS) is 13.8. The summed E-state index contributed by atoms with van der Waals surface area (Å²) in [5.41, 5.74) is 5.58. The Morgan fingerprint density at radius 2 is 2.40 bits per heavy atom. The minimum Gasteiger partial charge on any atom is -0.480 e. The van der Waals surface area contributed by atoms with Crippen LogP contribution in [0.5, 0.6) is 0 Å². The lowest BCUT2D eigenvalue weighted by molar-refractivity contribution is -0.139. The molecule has 0 aromatic carbocycles. The molecule has 0 saturated heterocycles. The molecule has 3 N–H and O–H groups in total. The summed E-state index contributed by atoms with van der Waals surface area (Å²) in [6, 6.07) is 2.78. The number of rotatable bonds is 5. The molecule has 0 fully saturated rings. The van der Waals surface area contributed by atoms with Gasteiger partial charge in [0.1, 0.15) is 11.8 Å².